The lowest BCUT2D eigenvalue weighted by Crippen LogP contribution is -2.17. The molecule has 0 radical (unpaired) electrons. The fourth-order valence-electron chi connectivity index (χ4n) is 0.175. The molecule has 1 atom stereocenters. The zero-order valence-electron chi connectivity index (χ0n) is 6.28. The van der Waals surface area contributed by atoms with Gasteiger partial charge in [-0.1, -0.05) is 6.92 Å². The summed E-state index contributed by atoms with van der Waals surface area (Å²) in [6.45, 7) is 1.61. The van der Waals surface area contributed by atoms with E-state index in [4.69, 9.17) is 29.5 Å². The van der Waals surface area contributed by atoms with Crippen LogP contribution in [0.3, 0.4) is 0 Å². The van der Waals surface area contributed by atoms with Gasteiger partial charge in [0.05, 0.1) is 0 Å². The van der Waals surface area contributed by atoms with Crippen LogP contribution < -0.4 is 0 Å². The number of hydrogen-bond donors (Lipinski definition) is 5. The Morgan fingerprint density at radius 3 is 1.67 bits per heavy atom. The van der Waals surface area contributed by atoms with E-state index in [1.807, 2.05) is 0 Å². The van der Waals surface area contributed by atoms with E-state index in [0.717, 1.165) is 0 Å². The summed E-state index contributed by atoms with van der Waals surface area (Å²) in [5, 5.41) is 16.3. The Morgan fingerprint density at radius 2 is 1.67 bits per heavy atom. The van der Waals surface area contributed by atoms with Crippen LogP contribution in [0.2, 0.25) is 0 Å². The van der Waals surface area contributed by atoms with Gasteiger partial charge in [0.25, 0.3) is 0 Å². The maximum Gasteiger partial charge on any atom is 0.466 e. The van der Waals surface area contributed by atoms with Gasteiger partial charge in [0.15, 0.2) is 6.10 Å². The summed E-state index contributed by atoms with van der Waals surface area (Å²) in [4.78, 5) is 31.2. The Balaban J connectivity index is 0. The van der Waals surface area contributed by atoms with Gasteiger partial charge >= 0.3 is 13.8 Å². The normalized spacial score (nSPS) is 12.8. The lowest BCUT2D eigenvalue weighted by Gasteiger charge is -1.95. The predicted octanol–water partition coefficient (Wildman–Crippen LogP) is -1.09. The zero-order chi connectivity index (χ0) is 10.4. The van der Waals surface area contributed by atoms with Gasteiger partial charge in [0.2, 0.25) is 0 Å². The molecule has 12 heavy (non-hydrogen) atoms. The molecule has 0 aromatic carbocycles. The van der Waals surface area contributed by atoms with E-state index in [0.29, 0.717) is 0 Å². The van der Waals surface area contributed by atoms with Crippen molar-refractivity contribution in [3.05, 3.63) is 0 Å². The summed E-state index contributed by atoms with van der Waals surface area (Å²) in [5.74, 6) is -1.15. The maximum atomic E-state index is 9.68. The number of carbonyl (C=O) groups is 1. The third-order valence-corrected chi connectivity index (χ3v) is 0.672. The summed E-state index contributed by atoms with van der Waals surface area (Å²) >= 11 is 0. The number of aliphatic hydroxyl groups is 1. The van der Waals surface area contributed by atoms with Crippen LogP contribution in [0.4, 0.5) is 0 Å². The number of phosphoric acid groups is 1. The first kappa shape index (κ1) is 14.1. The summed E-state index contributed by atoms with van der Waals surface area (Å²) in [6.07, 6.45) is -0.907. The Bertz CT molecular complexity index is 164. The highest BCUT2D eigenvalue weighted by Gasteiger charge is 2.07. The van der Waals surface area contributed by atoms with Crippen molar-refractivity contribution in [1.82, 2.24) is 0 Å². The third kappa shape index (κ3) is 22.7. The van der Waals surface area contributed by atoms with Crippen LogP contribution in [0.25, 0.3) is 0 Å². The largest absolute Gasteiger partial charge is 0.479 e. The predicted molar refractivity (Wildman–Crippen MR) is 38.2 cm³/mol. The first-order valence-corrected chi connectivity index (χ1v) is 4.44. The molecule has 0 fully saturated rings. The summed E-state index contributed by atoms with van der Waals surface area (Å²) in [6, 6.07) is 0. The third-order valence-electron chi connectivity index (χ3n) is 0.672. The van der Waals surface area contributed by atoms with E-state index in [-0.39, 0.29) is 6.42 Å². The molecule has 0 aromatic heterocycles. The molecule has 0 spiro atoms. The molecule has 0 heterocycles. The summed E-state index contributed by atoms with van der Waals surface area (Å²) in [7, 11) is -4.64. The average Bonchev–Trinajstić information content (AvgIpc) is 1.82. The molecule has 0 aliphatic heterocycles. The topological polar surface area (TPSA) is 135 Å². The van der Waals surface area contributed by atoms with Crippen LogP contribution in [0.15, 0.2) is 0 Å². The molecule has 0 aliphatic rings. The highest BCUT2D eigenvalue weighted by atomic mass is 31.2. The molecular formula is C4H11O7P. The first-order valence-electron chi connectivity index (χ1n) is 2.87. The number of aliphatic hydroxyl groups excluding tert-OH is 1. The molecular weight excluding hydrogens is 191 g/mol. The lowest BCUT2D eigenvalue weighted by molar-refractivity contribution is -0.146. The smallest absolute Gasteiger partial charge is 0.466 e. The Hall–Kier alpha value is -0.460. The minimum Gasteiger partial charge on any atom is -0.479 e. The van der Waals surface area contributed by atoms with Gasteiger partial charge in [-0.2, -0.15) is 0 Å². The number of carboxylic acid groups (broad SMARTS) is 1. The molecule has 0 bridgehead atoms. The highest BCUT2D eigenvalue weighted by molar-refractivity contribution is 7.45. The van der Waals surface area contributed by atoms with Crippen molar-refractivity contribution < 1.29 is 34.3 Å². The van der Waals surface area contributed by atoms with E-state index in [9.17, 15) is 4.79 Å². The number of rotatable bonds is 2. The number of carboxylic acids is 1. The Kier molecular flexibility index (Phi) is 7.16. The lowest BCUT2D eigenvalue weighted by atomic mass is 10.3. The Morgan fingerprint density at radius 1 is 1.42 bits per heavy atom. The standard InChI is InChI=1S/C4H8O3.H3O4P/c1-2-3(5)4(6)7;1-5(2,3)4/h3,5H,2H2,1H3,(H,6,7);(H3,1,2,3,4). The van der Waals surface area contributed by atoms with Crippen LogP contribution in [0.1, 0.15) is 13.3 Å². The van der Waals surface area contributed by atoms with Gasteiger partial charge in [0.1, 0.15) is 0 Å². The van der Waals surface area contributed by atoms with Crippen molar-refractivity contribution in [2.75, 3.05) is 0 Å². The SMILES string of the molecule is CCC(O)C(=O)O.O=P(O)(O)O. The molecule has 5 N–H and O–H groups in total. The fourth-order valence-corrected chi connectivity index (χ4v) is 0.175. The van der Waals surface area contributed by atoms with Crippen LogP contribution >= 0.6 is 7.82 Å². The van der Waals surface area contributed by atoms with Crippen molar-refractivity contribution in [3.8, 4) is 0 Å². The molecule has 0 saturated carbocycles. The van der Waals surface area contributed by atoms with E-state index < -0.39 is 19.9 Å². The van der Waals surface area contributed by atoms with E-state index in [2.05, 4.69) is 0 Å². The summed E-state index contributed by atoms with van der Waals surface area (Å²) in [5.41, 5.74) is 0. The molecule has 0 rings (SSSR count). The molecule has 74 valence electrons. The maximum absolute atomic E-state index is 9.68. The summed E-state index contributed by atoms with van der Waals surface area (Å²) < 4.78 is 8.88. The van der Waals surface area contributed by atoms with Crippen LogP contribution in [-0.2, 0) is 9.36 Å². The number of aliphatic carboxylic acids is 1. The number of hydrogen-bond acceptors (Lipinski definition) is 3. The molecule has 0 saturated heterocycles. The van der Waals surface area contributed by atoms with E-state index in [1.165, 1.54) is 0 Å². The molecule has 8 heteroatoms. The van der Waals surface area contributed by atoms with Crippen LogP contribution in [-0.4, -0.2) is 37.0 Å². The van der Waals surface area contributed by atoms with Gasteiger partial charge in [0, 0.05) is 0 Å². The molecule has 0 amide bonds. The highest BCUT2D eigenvalue weighted by Crippen LogP contribution is 2.25. The quantitative estimate of drug-likeness (QED) is 0.359. The van der Waals surface area contributed by atoms with E-state index >= 15 is 0 Å². The van der Waals surface area contributed by atoms with Gasteiger partial charge in [-0.3, -0.25) is 0 Å². The molecule has 0 aromatic rings. The zero-order valence-corrected chi connectivity index (χ0v) is 7.18. The molecule has 1 unspecified atom stereocenters. The molecule has 7 nitrogen and oxygen atoms in total. The van der Waals surface area contributed by atoms with Crippen molar-refractivity contribution in [2.45, 2.75) is 19.4 Å². The van der Waals surface area contributed by atoms with Crippen molar-refractivity contribution in [2.24, 2.45) is 0 Å². The van der Waals surface area contributed by atoms with Crippen molar-refractivity contribution in [3.63, 3.8) is 0 Å². The van der Waals surface area contributed by atoms with Crippen molar-refractivity contribution in [1.29, 1.82) is 0 Å². The Labute approximate surface area is 68.5 Å². The fraction of sp³-hybridized carbons (Fsp3) is 0.750. The second-order valence-electron chi connectivity index (χ2n) is 1.78. The van der Waals surface area contributed by atoms with Gasteiger partial charge in [-0.25, -0.2) is 9.36 Å². The van der Waals surface area contributed by atoms with Crippen molar-refractivity contribution >= 4 is 13.8 Å². The second-order valence-corrected chi connectivity index (χ2v) is 2.80. The van der Waals surface area contributed by atoms with Gasteiger partial charge in [-0.05, 0) is 6.42 Å². The minimum atomic E-state index is -4.64. The van der Waals surface area contributed by atoms with Gasteiger partial charge in [-0.15, -0.1) is 0 Å². The average molecular weight is 202 g/mol. The van der Waals surface area contributed by atoms with Crippen LogP contribution in [0, 0.1) is 0 Å². The monoisotopic (exact) mass is 202 g/mol. The molecule has 0 aliphatic carbocycles. The minimum absolute atomic E-state index is 0.273. The van der Waals surface area contributed by atoms with E-state index in [1.54, 1.807) is 6.92 Å². The van der Waals surface area contributed by atoms with Crippen LogP contribution in [0.5, 0.6) is 0 Å². The second kappa shape index (κ2) is 6.10. The first-order chi connectivity index (χ1) is 5.18. The van der Waals surface area contributed by atoms with Gasteiger partial charge < -0.3 is 24.9 Å².